The molecule has 0 unspecified atom stereocenters. The molecule has 0 saturated heterocycles. The minimum Gasteiger partial charge on any atom is -0.497 e. The zero-order chi connectivity index (χ0) is 21.9. The summed E-state index contributed by atoms with van der Waals surface area (Å²) in [6, 6.07) is 15.5. The predicted molar refractivity (Wildman–Crippen MR) is 124 cm³/mol. The maximum Gasteiger partial charge on any atom is 0.242 e. The van der Waals surface area contributed by atoms with E-state index in [1.54, 1.807) is 23.8 Å². The Kier molecular flexibility index (Phi) is 9.74. The molecule has 162 valence electrons. The van der Waals surface area contributed by atoms with Crippen molar-refractivity contribution in [1.82, 2.24) is 10.2 Å². The van der Waals surface area contributed by atoms with Crippen LogP contribution in [0.1, 0.15) is 37.0 Å². The number of hydrogen-bond donors (Lipinski definition) is 1. The normalized spacial score (nSPS) is 11.6. The maximum atomic E-state index is 13.1. The van der Waals surface area contributed by atoms with E-state index in [0.717, 1.165) is 28.2 Å². The Balaban J connectivity index is 2.08. The highest BCUT2D eigenvalue weighted by Crippen LogP contribution is 2.19. The van der Waals surface area contributed by atoms with Crippen molar-refractivity contribution in [3.63, 3.8) is 0 Å². The van der Waals surface area contributed by atoms with Crippen LogP contribution in [0.3, 0.4) is 0 Å². The van der Waals surface area contributed by atoms with Gasteiger partial charge in [0.15, 0.2) is 0 Å². The largest absolute Gasteiger partial charge is 0.497 e. The molecule has 0 aliphatic carbocycles. The summed E-state index contributed by atoms with van der Waals surface area (Å²) in [5, 5.41) is 2.87. The van der Waals surface area contributed by atoms with E-state index in [-0.39, 0.29) is 11.8 Å². The van der Waals surface area contributed by atoms with E-state index < -0.39 is 6.04 Å². The minimum absolute atomic E-state index is 0.0203. The van der Waals surface area contributed by atoms with E-state index in [4.69, 9.17) is 4.74 Å². The molecule has 0 saturated carbocycles. The van der Waals surface area contributed by atoms with Crippen LogP contribution in [-0.4, -0.2) is 42.2 Å². The highest BCUT2D eigenvalue weighted by Gasteiger charge is 2.28. The molecule has 6 heteroatoms. The van der Waals surface area contributed by atoms with Crippen molar-refractivity contribution in [2.75, 3.05) is 19.4 Å². The minimum atomic E-state index is -0.473. The molecule has 2 amide bonds. The SMILES string of the molecule is CCNC(=O)[C@@H](CC)N(Cc1cccc(C)c1)C(=O)CSCc1ccc(OC)cc1. The fourth-order valence-electron chi connectivity index (χ4n) is 3.28. The summed E-state index contributed by atoms with van der Waals surface area (Å²) in [7, 11) is 1.64. The molecular formula is C24H32N2O3S. The van der Waals surface area contributed by atoms with Gasteiger partial charge in [0.05, 0.1) is 12.9 Å². The summed E-state index contributed by atoms with van der Waals surface area (Å²) in [5.74, 6) is 1.76. The van der Waals surface area contributed by atoms with Crippen molar-refractivity contribution in [2.45, 2.75) is 45.5 Å². The molecule has 0 heterocycles. The van der Waals surface area contributed by atoms with Crippen molar-refractivity contribution in [3.05, 3.63) is 65.2 Å². The van der Waals surface area contributed by atoms with Gasteiger partial charge in [-0.3, -0.25) is 9.59 Å². The molecule has 0 radical (unpaired) electrons. The summed E-state index contributed by atoms with van der Waals surface area (Å²) in [6.07, 6.45) is 0.576. The number of thioether (sulfide) groups is 1. The monoisotopic (exact) mass is 428 g/mol. The maximum absolute atomic E-state index is 13.1. The van der Waals surface area contributed by atoms with Crippen LogP contribution in [0.2, 0.25) is 0 Å². The van der Waals surface area contributed by atoms with Gasteiger partial charge in [0.25, 0.3) is 0 Å². The number of ether oxygens (including phenoxy) is 1. The summed E-state index contributed by atoms with van der Waals surface area (Å²) >= 11 is 1.56. The lowest BCUT2D eigenvalue weighted by Gasteiger charge is -2.30. The Morgan fingerprint density at radius 1 is 1.10 bits per heavy atom. The van der Waals surface area contributed by atoms with E-state index in [2.05, 4.69) is 11.4 Å². The van der Waals surface area contributed by atoms with Crippen molar-refractivity contribution in [2.24, 2.45) is 0 Å². The van der Waals surface area contributed by atoms with Gasteiger partial charge in [-0.25, -0.2) is 0 Å². The van der Waals surface area contributed by atoms with Crippen molar-refractivity contribution in [3.8, 4) is 5.75 Å². The van der Waals surface area contributed by atoms with Gasteiger partial charge < -0.3 is 15.0 Å². The molecule has 30 heavy (non-hydrogen) atoms. The van der Waals surface area contributed by atoms with Crippen LogP contribution in [0.25, 0.3) is 0 Å². The summed E-state index contributed by atoms with van der Waals surface area (Å²) in [6.45, 7) is 6.84. The van der Waals surface area contributed by atoms with Crippen LogP contribution in [0.4, 0.5) is 0 Å². The van der Waals surface area contributed by atoms with Gasteiger partial charge in [-0.2, -0.15) is 0 Å². The highest BCUT2D eigenvalue weighted by molar-refractivity contribution is 7.99. The number of carbonyl (C=O) groups is 2. The second-order valence-corrected chi connectivity index (χ2v) is 8.16. The molecule has 0 aromatic heterocycles. The van der Waals surface area contributed by atoms with Crippen molar-refractivity contribution < 1.29 is 14.3 Å². The molecule has 0 fully saturated rings. The number of nitrogens with zero attached hydrogens (tertiary/aromatic N) is 1. The third-order valence-corrected chi connectivity index (χ3v) is 5.81. The molecule has 0 aliphatic heterocycles. The lowest BCUT2D eigenvalue weighted by molar-refractivity contribution is -0.139. The third kappa shape index (κ3) is 7.10. The van der Waals surface area contributed by atoms with E-state index >= 15 is 0 Å². The Bertz CT molecular complexity index is 823. The number of benzene rings is 2. The fourth-order valence-corrected chi connectivity index (χ4v) is 4.15. The first-order chi connectivity index (χ1) is 14.5. The molecule has 2 aromatic rings. The predicted octanol–water partition coefficient (Wildman–Crippen LogP) is 4.18. The average Bonchev–Trinajstić information content (AvgIpc) is 2.74. The molecule has 0 spiro atoms. The number of aryl methyl sites for hydroxylation is 1. The molecule has 2 aromatic carbocycles. The van der Waals surface area contributed by atoms with Crippen LogP contribution < -0.4 is 10.1 Å². The number of carbonyl (C=O) groups excluding carboxylic acids is 2. The van der Waals surface area contributed by atoms with Gasteiger partial charge in [-0.05, 0) is 43.5 Å². The summed E-state index contributed by atoms with van der Waals surface area (Å²) in [4.78, 5) is 27.5. The Labute approximate surface area is 184 Å². The number of hydrogen-bond acceptors (Lipinski definition) is 4. The zero-order valence-electron chi connectivity index (χ0n) is 18.3. The quantitative estimate of drug-likeness (QED) is 0.583. The van der Waals surface area contributed by atoms with Gasteiger partial charge in [0.1, 0.15) is 11.8 Å². The van der Waals surface area contributed by atoms with E-state index in [9.17, 15) is 9.59 Å². The topological polar surface area (TPSA) is 58.6 Å². The van der Waals surface area contributed by atoms with Crippen LogP contribution in [0.5, 0.6) is 5.75 Å². The number of nitrogens with one attached hydrogen (secondary N) is 1. The summed E-state index contributed by atoms with van der Waals surface area (Å²) < 4.78 is 5.18. The Morgan fingerprint density at radius 3 is 2.43 bits per heavy atom. The van der Waals surface area contributed by atoms with Crippen LogP contribution in [0, 0.1) is 6.92 Å². The van der Waals surface area contributed by atoms with Crippen LogP contribution >= 0.6 is 11.8 Å². The molecule has 0 bridgehead atoms. The molecule has 1 atom stereocenters. The van der Waals surface area contributed by atoms with Crippen molar-refractivity contribution in [1.29, 1.82) is 0 Å². The number of likely N-dealkylation sites (N-methyl/N-ethyl adjacent to an activating group) is 1. The third-order valence-electron chi connectivity index (χ3n) is 4.83. The first-order valence-electron chi connectivity index (χ1n) is 10.3. The van der Waals surface area contributed by atoms with Crippen LogP contribution in [0.15, 0.2) is 48.5 Å². The van der Waals surface area contributed by atoms with Gasteiger partial charge in [-0.1, -0.05) is 48.9 Å². The van der Waals surface area contributed by atoms with Gasteiger partial charge in [0.2, 0.25) is 11.8 Å². The fraction of sp³-hybridized carbons (Fsp3) is 0.417. The molecule has 1 N–H and O–H groups in total. The van der Waals surface area contributed by atoms with Crippen molar-refractivity contribution >= 4 is 23.6 Å². The standard InChI is InChI=1S/C24H32N2O3S/c1-5-22(24(28)25-6-2)26(15-20-9-7-8-18(3)14-20)23(27)17-30-16-19-10-12-21(29-4)13-11-19/h7-14,22H,5-6,15-17H2,1-4H3,(H,25,28)/t22-/m1/s1. The lowest BCUT2D eigenvalue weighted by atomic mass is 10.1. The Morgan fingerprint density at radius 2 is 1.83 bits per heavy atom. The lowest BCUT2D eigenvalue weighted by Crippen LogP contribution is -2.49. The second kappa shape index (κ2) is 12.3. The molecule has 2 rings (SSSR count). The highest BCUT2D eigenvalue weighted by atomic mass is 32.2. The van der Waals surface area contributed by atoms with Crippen LogP contribution in [-0.2, 0) is 21.9 Å². The zero-order valence-corrected chi connectivity index (χ0v) is 19.1. The number of amides is 2. The molecular weight excluding hydrogens is 396 g/mol. The average molecular weight is 429 g/mol. The Hall–Kier alpha value is -2.47. The molecule has 5 nitrogen and oxygen atoms in total. The van der Waals surface area contributed by atoms with Gasteiger partial charge >= 0.3 is 0 Å². The number of methoxy groups -OCH3 is 1. The van der Waals surface area contributed by atoms with Gasteiger partial charge in [-0.15, -0.1) is 11.8 Å². The second-order valence-electron chi connectivity index (χ2n) is 7.17. The van der Waals surface area contributed by atoms with E-state index in [0.29, 0.717) is 25.3 Å². The first-order valence-corrected chi connectivity index (χ1v) is 11.5. The van der Waals surface area contributed by atoms with E-state index in [1.165, 1.54) is 0 Å². The van der Waals surface area contributed by atoms with E-state index in [1.807, 2.05) is 63.2 Å². The molecule has 0 aliphatic rings. The first kappa shape index (κ1) is 23.8. The summed E-state index contributed by atoms with van der Waals surface area (Å²) in [5.41, 5.74) is 3.31. The van der Waals surface area contributed by atoms with Gasteiger partial charge in [0, 0.05) is 18.8 Å². The smallest absolute Gasteiger partial charge is 0.242 e. The number of rotatable bonds is 11.